The van der Waals surface area contributed by atoms with E-state index in [4.69, 9.17) is 10.6 Å². The highest BCUT2D eigenvalue weighted by Crippen LogP contribution is 2.14. The second-order valence-corrected chi connectivity index (χ2v) is 4.32. The van der Waals surface area contributed by atoms with Gasteiger partial charge in [0.05, 0.1) is 0 Å². The van der Waals surface area contributed by atoms with Crippen molar-refractivity contribution in [2.75, 3.05) is 24.4 Å². The van der Waals surface area contributed by atoms with Crippen molar-refractivity contribution in [1.82, 2.24) is 15.3 Å². The SMILES string of the molecule is COCc1nc(NN)cc(NC2CCC(=O)NC2)n1. The number of methoxy groups -OCH3 is 1. The zero-order valence-electron chi connectivity index (χ0n) is 10.8. The van der Waals surface area contributed by atoms with Gasteiger partial charge in [-0.15, -0.1) is 0 Å². The third-order valence-electron chi connectivity index (χ3n) is 2.81. The van der Waals surface area contributed by atoms with E-state index in [9.17, 15) is 4.79 Å². The van der Waals surface area contributed by atoms with E-state index in [-0.39, 0.29) is 11.9 Å². The predicted octanol–water partition coefficient (Wildman–Crippen LogP) is -0.401. The Kier molecular flexibility index (Phi) is 4.48. The summed E-state index contributed by atoms with van der Waals surface area (Å²) in [7, 11) is 1.58. The van der Waals surface area contributed by atoms with Crippen LogP contribution in [0.3, 0.4) is 0 Å². The number of aromatic nitrogens is 2. The molecular weight excluding hydrogens is 248 g/mol. The van der Waals surface area contributed by atoms with Gasteiger partial charge < -0.3 is 20.8 Å². The Morgan fingerprint density at radius 3 is 2.95 bits per heavy atom. The summed E-state index contributed by atoms with van der Waals surface area (Å²) in [5.41, 5.74) is 2.49. The normalized spacial score (nSPS) is 18.8. The van der Waals surface area contributed by atoms with Gasteiger partial charge in [0.15, 0.2) is 5.82 Å². The molecule has 0 aliphatic carbocycles. The highest BCUT2D eigenvalue weighted by Gasteiger charge is 2.18. The zero-order valence-corrected chi connectivity index (χ0v) is 10.8. The first kappa shape index (κ1) is 13.5. The highest BCUT2D eigenvalue weighted by molar-refractivity contribution is 5.77. The van der Waals surface area contributed by atoms with Crippen LogP contribution in [-0.2, 0) is 16.1 Å². The van der Waals surface area contributed by atoms with Gasteiger partial charge in [0.1, 0.15) is 18.2 Å². The fourth-order valence-electron chi connectivity index (χ4n) is 1.90. The molecule has 0 aromatic carbocycles. The largest absolute Gasteiger partial charge is 0.377 e. The Balaban J connectivity index is 2.06. The van der Waals surface area contributed by atoms with Crippen molar-refractivity contribution in [3.8, 4) is 0 Å². The second kappa shape index (κ2) is 6.30. The maximum Gasteiger partial charge on any atom is 0.220 e. The summed E-state index contributed by atoms with van der Waals surface area (Å²) < 4.78 is 5.01. The van der Waals surface area contributed by atoms with Crippen molar-refractivity contribution in [3.63, 3.8) is 0 Å². The molecule has 1 atom stereocenters. The molecule has 2 heterocycles. The number of anilines is 2. The van der Waals surface area contributed by atoms with Gasteiger partial charge in [-0.05, 0) is 6.42 Å². The highest BCUT2D eigenvalue weighted by atomic mass is 16.5. The predicted molar refractivity (Wildman–Crippen MR) is 70.2 cm³/mol. The van der Waals surface area contributed by atoms with Crippen molar-refractivity contribution in [2.45, 2.75) is 25.5 Å². The summed E-state index contributed by atoms with van der Waals surface area (Å²) in [6, 6.07) is 1.88. The van der Waals surface area contributed by atoms with Crippen molar-refractivity contribution in [3.05, 3.63) is 11.9 Å². The van der Waals surface area contributed by atoms with Gasteiger partial charge in [-0.1, -0.05) is 0 Å². The third-order valence-corrected chi connectivity index (χ3v) is 2.81. The number of nitrogens with one attached hydrogen (secondary N) is 3. The molecule has 0 saturated carbocycles. The molecule has 0 radical (unpaired) electrons. The number of piperidine rings is 1. The average molecular weight is 266 g/mol. The number of ether oxygens (including phenoxy) is 1. The van der Waals surface area contributed by atoms with Crippen LogP contribution in [0.4, 0.5) is 11.6 Å². The fourth-order valence-corrected chi connectivity index (χ4v) is 1.90. The summed E-state index contributed by atoms with van der Waals surface area (Å²) in [5, 5.41) is 6.07. The number of hydrogen-bond acceptors (Lipinski definition) is 7. The van der Waals surface area contributed by atoms with E-state index in [1.54, 1.807) is 13.2 Å². The minimum absolute atomic E-state index is 0.0881. The summed E-state index contributed by atoms with van der Waals surface area (Å²) in [6.07, 6.45) is 1.30. The van der Waals surface area contributed by atoms with Gasteiger partial charge in [0.2, 0.25) is 5.91 Å². The van der Waals surface area contributed by atoms with Crippen LogP contribution in [0.25, 0.3) is 0 Å². The van der Waals surface area contributed by atoms with Crippen molar-refractivity contribution < 1.29 is 9.53 Å². The quantitative estimate of drug-likeness (QED) is 0.423. The summed E-state index contributed by atoms with van der Waals surface area (Å²) in [6.45, 7) is 0.902. The Morgan fingerprint density at radius 2 is 2.32 bits per heavy atom. The molecule has 1 saturated heterocycles. The van der Waals surface area contributed by atoms with Gasteiger partial charge in [-0.2, -0.15) is 0 Å². The van der Waals surface area contributed by atoms with Crippen LogP contribution in [-0.4, -0.2) is 35.6 Å². The monoisotopic (exact) mass is 266 g/mol. The first-order valence-corrected chi connectivity index (χ1v) is 6.08. The van der Waals surface area contributed by atoms with E-state index >= 15 is 0 Å². The number of amides is 1. The van der Waals surface area contributed by atoms with Crippen LogP contribution < -0.4 is 21.9 Å². The number of carbonyl (C=O) groups is 1. The van der Waals surface area contributed by atoms with Crippen LogP contribution in [0.2, 0.25) is 0 Å². The number of nitrogens with two attached hydrogens (primary N) is 1. The lowest BCUT2D eigenvalue weighted by Gasteiger charge is -2.24. The van der Waals surface area contributed by atoms with Crippen LogP contribution in [0.5, 0.6) is 0 Å². The standard InChI is InChI=1S/C11H18N6O2/c1-19-6-10-15-8(4-9(16-10)17-12)14-7-2-3-11(18)13-5-7/h4,7H,2-3,5-6,12H2,1H3,(H,13,18)(H2,14,15,16,17). The Bertz CT molecular complexity index is 443. The van der Waals surface area contributed by atoms with Crippen molar-refractivity contribution in [1.29, 1.82) is 0 Å². The van der Waals surface area contributed by atoms with Gasteiger partial charge in [0, 0.05) is 32.2 Å². The number of nitrogen functional groups attached to an aromatic ring is 1. The first-order valence-electron chi connectivity index (χ1n) is 6.08. The Labute approximate surface area is 111 Å². The summed E-state index contributed by atoms with van der Waals surface area (Å²) >= 11 is 0. The van der Waals surface area contributed by atoms with E-state index in [0.717, 1.165) is 6.42 Å². The van der Waals surface area contributed by atoms with Gasteiger partial charge >= 0.3 is 0 Å². The molecular formula is C11H18N6O2. The number of rotatable bonds is 5. The van der Waals surface area contributed by atoms with Crippen LogP contribution in [0.1, 0.15) is 18.7 Å². The molecule has 0 spiro atoms. The van der Waals surface area contributed by atoms with Gasteiger partial charge in [-0.3, -0.25) is 4.79 Å². The van der Waals surface area contributed by atoms with E-state index in [2.05, 4.69) is 26.0 Å². The lowest BCUT2D eigenvalue weighted by molar-refractivity contribution is -0.122. The number of hydrazine groups is 1. The smallest absolute Gasteiger partial charge is 0.220 e. The molecule has 1 aromatic heterocycles. The number of carbonyl (C=O) groups excluding carboxylic acids is 1. The van der Waals surface area contributed by atoms with Gasteiger partial charge in [0.25, 0.3) is 0 Å². The van der Waals surface area contributed by atoms with Crippen molar-refractivity contribution >= 4 is 17.5 Å². The Hall–Kier alpha value is -1.93. The summed E-state index contributed by atoms with van der Waals surface area (Å²) in [5.74, 6) is 7.18. The minimum Gasteiger partial charge on any atom is -0.377 e. The molecule has 8 nitrogen and oxygen atoms in total. The van der Waals surface area contributed by atoms with E-state index in [0.29, 0.717) is 37.0 Å². The van der Waals surface area contributed by atoms with Crippen LogP contribution in [0.15, 0.2) is 6.07 Å². The molecule has 0 bridgehead atoms. The molecule has 19 heavy (non-hydrogen) atoms. The molecule has 1 aromatic rings. The molecule has 1 amide bonds. The van der Waals surface area contributed by atoms with Crippen LogP contribution >= 0.6 is 0 Å². The maximum absolute atomic E-state index is 11.1. The first-order chi connectivity index (χ1) is 9.21. The topological polar surface area (TPSA) is 114 Å². The number of nitrogens with zero attached hydrogens (tertiary/aromatic N) is 2. The molecule has 5 N–H and O–H groups in total. The minimum atomic E-state index is 0.0881. The summed E-state index contributed by atoms with van der Waals surface area (Å²) in [4.78, 5) is 19.6. The Morgan fingerprint density at radius 1 is 1.53 bits per heavy atom. The maximum atomic E-state index is 11.1. The number of hydrogen-bond donors (Lipinski definition) is 4. The molecule has 2 rings (SSSR count). The molecule has 8 heteroatoms. The lowest BCUT2D eigenvalue weighted by Crippen LogP contribution is -2.42. The molecule has 1 aliphatic heterocycles. The third kappa shape index (κ3) is 3.76. The van der Waals surface area contributed by atoms with Crippen LogP contribution in [0, 0.1) is 0 Å². The van der Waals surface area contributed by atoms with Gasteiger partial charge in [-0.25, -0.2) is 15.8 Å². The van der Waals surface area contributed by atoms with E-state index in [1.807, 2.05) is 0 Å². The van der Waals surface area contributed by atoms with Crippen molar-refractivity contribution in [2.24, 2.45) is 5.84 Å². The zero-order chi connectivity index (χ0) is 13.7. The molecule has 1 fully saturated rings. The fraction of sp³-hybridized carbons (Fsp3) is 0.545. The average Bonchev–Trinajstić information content (AvgIpc) is 2.41. The lowest BCUT2D eigenvalue weighted by atomic mass is 10.1. The second-order valence-electron chi connectivity index (χ2n) is 4.32. The molecule has 104 valence electrons. The molecule has 1 unspecified atom stereocenters. The molecule has 1 aliphatic rings. The van der Waals surface area contributed by atoms with E-state index < -0.39 is 0 Å². The van der Waals surface area contributed by atoms with E-state index in [1.165, 1.54) is 0 Å².